The second-order valence-corrected chi connectivity index (χ2v) is 5.27. The van der Waals surface area contributed by atoms with Crippen molar-refractivity contribution in [3.05, 3.63) is 42.0 Å². The third kappa shape index (κ3) is 4.45. The average Bonchev–Trinajstić information content (AvgIpc) is 2.54. The number of hydrogen-bond donors (Lipinski definition) is 1. The molecule has 0 heterocycles. The molecule has 0 radical (unpaired) electrons. The fourth-order valence-corrected chi connectivity index (χ4v) is 2.70. The highest BCUT2D eigenvalue weighted by Gasteiger charge is 2.32. The maximum Gasteiger partial charge on any atom is 0.310 e. The van der Waals surface area contributed by atoms with Crippen LogP contribution in [0.5, 0.6) is 0 Å². The minimum Gasteiger partial charge on any atom is -0.469 e. The Balaban J connectivity index is 1.94. The van der Waals surface area contributed by atoms with E-state index in [9.17, 15) is 9.59 Å². The van der Waals surface area contributed by atoms with E-state index in [1.165, 1.54) is 13.2 Å². The number of hydrogen-bond acceptors (Lipinski definition) is 3. The second kappa shape index (κ2) is 7.62. The minimum atomic E-state index is -0.230. The highest BCUT2D eigenvalue weighted by molar-refractivity contribution is 5.92. The van der Waals surface area contributed by atoms with Crippen LogP contribution in [0.4, 0.5) is 0 Å². The van der Waals surface area contributed by atoms with E-state index in [0.29, 0.717) is 0 Å². The lowest BCUT2D eigenvalue weighted by Crippen LogP contribution is -2.44. The quantitative estimate of drug-likeness (QED) is 0.684. The molecular weight excluding hydrogens is 266 g/mol. The zero-order valence-electron chi connectivity index (χ0n) is 12.2. The first-order valence-corrected chi connectivity index (χ1v) is 7.32. The normalized spacial score (nSPS) is 22.0. The fraction of sp³-hybridized carbons (Fsp3) is 0.412. The van der Waals surface area contributed by atoms with E-state index in [4.69, 9.17) is 4.74 Å². The summed E-state index contributed by atoms with van der Waals surface area (Å²) < 4.78 is 4.82. The molecule has 0 unspecified atom stereocenters. The van der Waals surface area contributed by atoms with Gasteiger partial charge in [0, 0.05) is 12.1 Å². The van der Waals surface area contributed by atoms with Gasteiger partial charge < -0.3 is 10.1 Å². The van der Waals surface area contributed by atoms with E-state index in [1.807, 2.05) is 30.3 Å². The van der Waals surface area contributed by atoms with Crippen LogP contribution in [0.2, 0.25) is 0 Å². The average molecular weight is 287 g/mol. The van der Waals surface area contributed by atoms with Gasteiger partial charge in [-0.25, -0.2) is 0 Å². The molecule has 0 spiro atoms. The lowest BCUT2D eigenvalue weighted by Gasteiger charge is -2.29. The van der Waals surface area contributed by atoms with Crippen LogP contribution in [-0.4, -0.2) is 25.0 Å². The van der Waals surface area contributed by atoms with Gasteiger partial charge in [0.25, 0.3) is 0 Å². The summed E-state index contributed by atoms with van der Waals surface area (Å²) in [4.78, 5) is 23.7. The molecule has 1 saturated carbocycles. The number of esters is 1. The van der Waals surface area contributed by atoms with Crippen LogP contribution in [0.3, 0.4) is 0 Å². The zero-order valence-corrected chi connectivity index (χ0v) is 12.2. The smallest absolute Gasteiger partial charge is 0.310 e. The van der Waals surface area contributed by atoms with Gasteiger partial charge in [-0.1, -0.05) is 43.2 Å². The number of ether oxygens (including phenoxy) is 1. The first-order valence-electron chi connectivity index (χ1n) is 7.32. The maximum atomic E-state index is 12.0. The molecule has 0 saturated heterocycles. The first-order chi connectivity index (χ1) is 10.2. The fourth-order valence-electron chi connectivity index (χ4n) is 2.70. The number of benzene rings is 1. The molecule has 21 heavy (non-hydrogen) atoms. The SMILES string of the molecule is COC(=O)[C@H]1CCCC[C@@H]1NC(=O)/C=C/c1ccccc1. The van der Waals surface area contributed by atoms with E-state index in [2.05, 4.69) is 5.32 Å². The van der Waals surface area contributed by atoms with Crippen molar-refractivity contribution in [3.8, 4) is 0 Å². The van der Waals surface area contributed by atoms with Crippen molar-refractivity contribution in [1.29, 1.82) is 0 Å². The summed E-state index contributed by atoms with van der Waals surface area (Å²) in [6, 6.07) is 9.51. The molecule has 4 nitrogen and oxygen atoms in total. The number of rotatable bonds is 4. The first kappa shape index (κ1) is 15.3. The van der Waals surface area contributed by atoms with Gasteiger partial charge in [0.2, 0.25) is 5.91 Å². The van der Waals surface area contributed by atoms with Crippen LogP contribution in [0.25, 0.3) is 6.08 Å². The van der Waals surface area contributed by atoms with Gasteiger partial charge in [-0.2, -0.15) is 0 Å². The summed E-state index contributed by atoms with van der Waals surface area (Å²) in [5.74, 6) is -0.621. The van der Waals surface area contributed by atoms with Crippen molar-refractivity contribution in [1.82, 2.24) is 5.32 Å². The van der Waals surface area contributed by atoms with Gasteiger partial charge in [0.15, 0.2) is 0 Å². The molecule has 1 amide bonds. The van der Waals surface area contributed by atoms with Crippen LogP contribution < -0.4 is 5.32 Å². The van der Waals surface area contributed by atoms with Crippen molar-refractivity contribution in [2.24, 2.45) is 5.92 Å². The molecule has 1 N–H and O–H groups in total. The van der Waals surface area contributed by atoms with E-state index in [1.54, 1.807) is 6.08 Å². The zero-order chi connectivity index (χ0) is 15.1. The number of methoxy groups -OCH3 is 1. The van der Waals surface area contributed by atoms with Gasteiger partial charge >= 0.3 is 5.97 Å². The van der Waals surface area contributed by atoms with Crippen LogP contribution in [0, 0.1) is 5.92 Å². The Labute approximate surface area is 125 Å². The molecule has 112 valence electrons. The lowest BCUT2D eigenvalue weighted by atomic mass is 9.84. The Morgan fingerprint density at radius 1 is 1.19 bits per heavy atom. The number of nitrogens with one attached hydrogen (secondary N) is 1. The Morgan fingerprint density at radius 3 is 2.62 bits per heavy atom. The molecule has 1 aromatic rings. The van der Waals surface area contributed by atoms with Gasteiger partial charge in [0.05, 0.1) is 13.0 Å². The van der Waals surface area contributed by atoms with Crippen molar-refractivity contribution < 1.29 is 14.3 Å². The monoisotopic (exact) mass is 287 g/mol. The van der Waals surface area contributed by atoms with E-state index >= 15 is 0 Å². The van der Waals surface area contributed by atoms with E-state index in [0.717, 1.165) is 31.2 Å². The van der Waals surface area contributed by atoms with E-state index < -0.39 is 0 Å². The molecule has 2 atom stereocenters. The molecule has 0 aliphatic heterocycles. The third-order valence-electron chi connectivity index (χ3n) is 3.82. The Kier molecular flexibility index (Phi) is 5.55. The van der Waals surface area contributed by atoms with Gasteiger partial charge in [-0.3, -0.25) is 9.59 Å². The largest absolute Gasteiger partial charge is 0.469 e. The highest BCUT2D eigenvalue weighted by atomic mass is 16.5. The molecule has 0 bridgehead atoms. The highest BCUT2D eigenvalue weighted by Crippen LogP contribution is 2.25. The topological polar surface area (TPSA) is 55.4 Å². The molecule has 1 aromatic carbocycles. The predicted octanol–water partition coefficient (Wildman–Crippen LogP) is 2.55. The standard InChI is InChI=1S/C17H21NO3/c1-21-17(20)14-9-5-6-10-15(14)18-16(19)12-11-13-7-3-2-4-8-13/h2-4,7-8,11-12,14-15H,5-6,9-10H2,1H3,(H,18,19)/b12-11+/t14-,15-/m0/s1. The number of carbonyl (C=O) groups excluding carboxylic acids is 2. The summed E-state index contributed by atoms with van der Waals surface area (Å²) in [7, 11) is 1.39. The van der Waals surface area contributed by atoms with Crippen molar-refractivity contribution in [2.45, 2.75) is 31.7 Å². The Hall–Kier alpha value is -2.10. The number of carbonyl (C=O) groups is 2. The molecule has 1 fully saturated rings. The summed E-state index contributed by atoms with van der Waals surface area (Å²) >= 11 is 0. The Morgan fingerprint density at radius 2 is 1.90 bits per heavy atom. The lowest BCUT2D eigenvalue weighted by molar-refractivity contribution is -0.147. The third-order valence-corrected chi connectivity index (χ3v) is 3.82. The number of amides is 1. The summed E-state index contributed by atoms with van der Waals surface area (Å²) in [6.45, 7) is 0. The van der Waals surface area contributed by atoms with E-state index in [-0.39, 0.29) is 23.8 Å². The van der Waals surface area contributed by atoms with Crippen molar-refractivity contribution in [3.63, 3.8) is 0 Å². The predicted molar refractivity (Wildman–Crippen MR) is 81.4 cm³/mol. The minimum absolute atomic E-state index is 0.126. The van der Waals surface area contributed by atoms with Crippen LogP contribution >= 0.6 is 0 Å². The van der Waals surface area contributed by atoms with Crippen molar-refractivity contribution in [2.75, 3.05) is 7.11 Å². The summed E-state index contributed by atoms with van der Waals surface area (Å²) in [5, 5.41) is 2.93. The van der Waals surface area contributed by atoms with Crippen molar-refractivity contribution >= 4 is 18.0 Å². The molecule has 1 aliphatic rings. The molecular formula is C17H21NO3. The van der Waals surface area contributed by atoms with Crippen LogP contribution in [0.1, 0.15) is 31.2 Å². The summed E-state index contributed by atoms with van der Waals surface area (Å²) in [5.41, 5.74) is 0.973. The molecule has 4 heteroatoms. The summed E-state index contributed by atoms with van der Waals surface area (Å²) in [6.07, 6.45) is 6.92. The maximum absolute atomic E-state index is 12.0. The Bertz CT molecular complexity index is 510. The van der Waals surface area contributed by atoms with Gasteiger partial charge in [-0.15, -0.1) is 0 Å². The molecule has 0 aromatic heterocycles. The van der Waals surface area contributed by atoms with Crippen LogP contribution in [-0.2, 0) is 14.3 Å². The molecule has 1 aliphatic carbocycles. The van der Waals surface area contributed by atoms with Gasteiger partial charge in [-0.05, 0) is 24.5 Å². The second-order valence-electron chi connectivity index (χ2n) is 5.27. The van der Waals surface area contributed by atoms with Crippen LogP contribution in [0.15, 0.2) is 36.4 Å². The van der Waals surface area contributed by atoms with Gasteiger partial charge in [0.1, 0.15) is 0 Å². The molecule has 2 rings (SSSR count).